The van der Waals surface area contributed by atoms with Crippen molar-refractivity contribution in [2.75, 3.05) is 13.7 Å². The SMILES string of the molecule is CCCCC(C)(CCN1C(=O)c2ccccc2C1=O)OC(=O)C(=O)OC. The van der Waals surface area contributed by atoms with Gasteiger partial charge in [0.25, 0.3) is 11.8 Å². The largest absolute Gasteiger partial charge is 0.461 e. The van der Waals surface area contributed by atoms with Crippen LogP contribution in [0.1, 0.15) is 60.2 Å². The first-order chi connectivity index (χ1) is 12.3. The van der Waals surface area contributed by atoms with Crippen LogP contribution in [-0.4, -0.2) is 47.9 Å². The Hall–Kier alpha value is -2.70. The third kappa shape index (κ3) is 4.09. The minimum atomic E-state index is -1.08. The summed E-state index contributed by atoms with van der Waals surface area (Å²) in [6.07, 6.45) is 2.39. The van der Waals surface area contributed by atoms with E-state index in [0.29, 0.717) is 17.5 Å². The first kappa shape index (κ1) is 19.6. The van der Waals surface area contributed by atoms with Gasteiger partial charge in [-0.15, -0.1) is 0 Å². The molecule has 1 unspecified atom stereocenters. The van der Waals surface area contributed by atoms with E-state index in [-0.39, 0.29) is 24.8 Å². The van der Waals surface area contributed by atoms with E-state index in [1.165, 1.54) is 0 Å². The van der Waals surface area contributed by atoms with Gasteiger partial charge in [-0.25, -0.2) is 9.59 Å². The van der Waals surface area contributed by atoms with Crippen molar-refractivity contribution in [3.8, 4) is 0 Å². The average Bonchev–Trinajstić information content (AvgIpc) is 2.88. The minimum absolute atomic E-state index is 0.0982. The fourth-order valence-corrected chi connectivity index (χ4v) is 2.92. The molecule has 0 bridgehead atoms. The van der Waals surface area contributed by atoms with Crippen molar-refractivity contribution in [2.45, 2.75) is 45.1 Å². The number of esters is 2. The third-order valence-corrected chi connectivity index (χ3v) is 4.49. The molecule has 1 aromatic carbocycles. The maximum Gasteiger partial charge on any atom is 0.418 e. The smallest absolute Gasteiger partial charge is 0.418 e. The molecule has 1 aromatic rings. The molecule has 0 fully saturated rings. The van der Waals surface area contributed by atoms with Gasteiger partial charge in [-0.05, 0) is 31.9 Å². The van der Waals surface area contributed by atoms with E-state index in [2.05, 4.69) is 4.74 Å². The molecule has 2 rings (SSSR count). The summed E-state index contributed by atoms with van der Waals surface area (Å²) in [4.78, 5) is 49.2. The van der Waals surface area contributed by atoms with Crippen LogP contribution >= 0.6 is 0 Å². The Morgan fingerprint density at radius 1 is 1.04 bits per heavy atom. The lowest BCUT2D eigenvalue weighted by Gasteiger charge is -2.30. The number of hydrogen-bond donors (Lipinski definition) is 0. The molecule has 1 aliphatic rings. The Labute approximate surface area is 152 Å². The lowest BCUT2D eigenvalue weighted by atomic mass is 9.94. The second kappa shape index (κ2) is 8.12. The van der Waals surface area contributed by atoms with Gasteiger partial charge in [0, 0.05) is 13.0 Å². The summed E-state index contributed by atoms with van der Waals surface area (Å²) in [7, 11) is 1.10. The molecular weight excluding hydrogens is 338 g/mol. The molecule has 2 amide bonds. The Morgan fingerprint density at radius 3 is 2.12 bits per heavy atom. The summed E-state index contributed by atoms with van der Waals surface area (Å²) in [5.41, 5.74) is -0.227. The molecule has 0 N–H and O–H groups in total. The molecule has 7 nitrogen and oxygen atoms in total. The Morgan fingerprint density at radius 2 is 1.62 bits per heavy atom. The number of imide groups is 1. The molecule has 26 heavy (non-hydrogen) atoms. The Kier molecular flexibility index (Phi) is 6.13. The fourth-order valence-electron chi connectivity index (χ4n) is 2.92. The number of fused-ring (bicyclic) bond motifs is 1. The van der Waals surface area contributed by atoms with Crippen LogP contribution < -0.4 is 0 Å². The number of benzene rings is 1. The summed E-state index contributed by atoms with van der Waals surface area (Å²) >= 11 is 0. The average molecular weight is 361 g/mol. The highest BCUT2D eigenvalue weighted by molar-refractivity contribution is 6.29. The first-order valence-corrected chi connectivity index (χ1v) is 8.59. The summed E-state index contributed by atoms with van der Waals surface area (Å²) in [6.45, 7) is 3.79. The predicted octanol–water partition coefficient (Wildman–Crippen LogP) is 2.34. The van der Waals surface area contributed by atoms with Crippen LogP contribution in [-0.2, 0) is 19.1 Å². The van der Waals surface area contributed by atoms with Gasteiger partial charge in [0.2, 0.25) is 0 Å². The van der Waals surface area contributed by atoms with E-state index in [1.807, 2.05) is 6.92 Å². The van der Waals surface area contributed by atoms with Crippen LogP contribution in [0.2, 0.25) is 0 Å². The van der Waals surface area contributed by atoms with Crippen LogP contribution in [0.15, 0.2) is 24.3 Å². The zero-order chi connectivity index (χ0) is 19.3. The van der Waals surface area contributed by atoms with Crippen molar-refractivity contribution < 1.29 is 28.7 Å². The molecule has 0 spiro atoms. The molecule has 7 heteroatoms. The molecule has 0 radical (unpaired) electrons. The number of rotatable bonds is 7. The number of methoxy groups -OCH3 is 1. The van der Waals surface area contributed by atoms with Gasteiger partial charge in [-0.2, -0.15) is 0 Å². The summed E-state index contributed by atoms with van der Waals surface area (Å²) in [5.74, 6) is -2.87. The summed E-state index contributed by atoms with van der Waals surface area (Å²) in [6, 6.07) is 6.64. The van der Waals surface area contributed by atoms with E-state index < -0.39 is 17.5 Å². The fraction of sp³-hybridized carbons (Fsp3) is 0.474. The number of ether oxygens (including phenoxy) is 2. The highest BCUT2D eigenvalue weighted by Gasteiger charge is 2.38. The number of carbonyl (C=O) groups excluding carboxylic acids is 4. The van der Waals surface area contributed by atoms with Gasteiger partial charge in [0.05, 0.1) is 18.2 Å². The van der Waals surface area contributed by atoms with Crippen LogP contribution in [0.25, 0.3) is 0 Å². The topological polar surface area (TPSA) is 90.0 Å². The highest BCUT2D eigenvalue weighted by atomic mass is 16.6. The molecule has 1 aliphatic heterocycles. The molecule has 0 saturated carbocycles. The summed E-state index contributed by atoms with van der Waals surface area (Å²) < 4.78 is 9.72. The van der Waals surface area contributed by atoms with Crippen molar-refractivity contribution in [3.05, 3.63) is 35.4 Å². The maximum atomic E-state index is 12.4. The third-order valence-electron chi connectivity index (χ3n) is 4.49. The predicted molar refractivity (Wildman–Crippen MR) is 92.5 cm³/mol. The normalized spacial score (nSPS) is 15.4. The van der Waals surface area contributed by atoms with Crippen LogP contribution in [0, 0.1) is 0 Å². The van der Waals surface area contributed by atoms with Crippen molar-refractivity contribution >= 4 is 23.8 Å². The van der Waals surface area contributed by atoms with Crippen molar-refractivity contribution in [3.63, 3.8) is 0 Å². The second-order valence-electron chi connectivity index (χ2n) is 6.49. The van der Waals surface area contributed by atoms with Crippen molar-refractivity contribution in [1.82, 2.24) is 4.90 Å². The molecule has 1 atom stereocenters. The number of carbonyl (C=O) groups is 4. The standard InChI is InChI=1S/C19H23NO6/c1-4-5-10-19(2,26-18(24)17(23)25-3)11-12-20-15(21)13-8-6-7-9-14(13)16(20)22/h6-9H,4-5,10-12H2,1-3H3. The van der Waals surface area contributed by atoms with Crippen LogP contribution in [0.5, 0.6) is 0 Å². The number of unbranched alkanes of at least 4 members (excludes halogenated alkanes) is 1. The van der Waals surface area contributed by atoms with Gasteiger partial charge >= 0.3 is 11.9 Å². The molecule has 0 aromatic heterocycles. The molecule has 140 valence electrons. The minimum Gasteiger partial charge on any atom is -0.461 e. The molecular formula is C19H23NO6. The van der Waals surface area contributed by atoms with Crippen LogP contribution in [0.3, 0.4) is 0 Å². The maximum absolute atomic E-state index is 12.4. The van der Waals surface area contributed by atoms with E-state index in [9.17, 15) is 19.2 Å². The van der Waals surface area contributed by atoms with Gasteiger partial charge < -0.3 is 9.47 Å². The number of hydrogen-bond acceptors (Lipinski definition) is 6. The second-order valence-corrected chi connectivity index (χ2v) is 6.49. The summed E-state index contributed by atoms with van der Waals surface area (Å²) in [5, 5.41) is 0. The van der Waals surface area contributed by atoms with Crippen molar-refractivity contribution in [1.29, 1.82) is 0 Å². The lowest BCUT2D eigenvalue weighted by molar-refractivity contribution is -0.176. The van der Waals surface area contributed by atoms with E-state index in [1.54, 1.807) is 31.2 Å². The van der Waals surface area contributed by atoms with E-state index >= 15 is 0 Å². The van der Waals surface area contributed by atoms with E-state index in [0.717, 1.165) is 24.9 Å². The Balaban J connectivity index is 2.10. The molecule has 1 heterocycles. The van der Waals surface area contributed by atoms with Gasteiger partial charge in [0.1, 0.15) is 5.60 Å². The quantitative estimate of drug-likeness (QED) is 0.421. The van der Waals surface area contributed by atoms with Gasteiger partial charge in [-0.1, -0.05) is 25.5 Å². The first-order valence-electron chi connectivity index (χ1n) is 8.59. The number of nitrogens with zero attached hydrogens (tertiary/aromatic N) is 1. The molecule has 0 saturated heterocycles. The number of amides is 2. The Bertz CT molecular complexity index is 693. The zero-order valence-corrected chi connectivity index (χ0v) is 15.2. The van der Waals surface area contributed by atoms with Gasteiger partial charge in [0.15, 0.2) is 0 Å². The highest BCUT2D eigenvalue weighted by Crippen LogP contribution is 2.27. The monoisotopic (exact) mass is 361 g/mol. The zero-order valence-electron chi connectivity index (χ0n) is 15.2. The van der Waals surface area contributed by atoms with Gasteiger partial charge in [-0.3, -0.25) is 14.5 Å². The van der Waals surface area contributed by atoms with Crippen LogP contribution in [0.4, 0.5) is 0 Å². The lowest BCUT2D eigenvalue weighted by Crippen LogP contribution is -2.40. The van der Waals surface area contributed by atoms with E-state index in [4.69, 9.17) is 4.74 Å². The molecule has 0 aliphatic carbocycles. The van der Waals surface area contributed by atoms with Crippen molar-refractivity contribution in [2.24, 2.45) is 0 Å².